The van der Waals surface area contributed by atoms with Crippen molar-refractivity contribution < 1.29 is 4.74 Å². The van der Waals surface area contributed by atoms with Gasteiger partial charge in [0.15, 0.2) is 11.3 Å². The van der Waals surface area contributed by atoms with Crippen LogP contribution >= 0.6 is 0 Å². The molecule has 0 radical (unpaired) electrons. The summed E-state index contributed by atoms with van der Waals surface area (Å²) < 4.78 is 5.91. The summed E-state index contributed by atoms with van der Waals surface area (Å²) in [6.07, 6.45) is 1.07. The molecule has 1 saturated heterocycles. The van der Waals surface area contributed by atoms with E-state index in [-0.39, 0.29) is 6.61 Å². The van der Waals surface area contributed by atoms with Crippen LogP contribution in [-0.4, -0.2) is 41.9 Å². The third kappa shape index (κ3) is 3.69. The summed E-state index contributed by atoms with van der Waals surface area (Å²) in [6, 6.07) is 12.6. The molecule has 4 aromatic rings. The predicted molar refractivity (Wildman–Crippen MR) is 110 cm³/mol. The Labute approximate surface area is 172 Å². The lowest BCUT2D eigenvalue weighted by Gasteiger charge is -2.10. The monoisotopic (exact) mass is 405 g/mol. The standard InChI is InChI=1S/C20H23N9O/c1-12-16(11-30-17-8-18(21)23-20-19(17)24-28-25-20)27-29(26-12)10-13-7-15(22-9-13)14-5-3-2-4-6-14/h2-6,8,13,15,22H,7,9-11H2,1H3,(H3,21,23,24,25,28). The zero-order valence-electron chi connectivity index (χ0n) is 16.6. The van der Waals surface area contributed by atoms with Gasteiger partial charge >= 0.3 is 0 Å². The van der Waals surface area contributed by atoms with E-state index < -0.39 is 0 Å². The first kappa shape index (κ1) is 18.5. The van der Waals surface area contributed by atoms with Crippen LogP contribution in [0.2, 0.25) is 0 Å². The van der Waals surface area contributed by atoms with Gasteiger partial charge in [-0.15, -0.1) is 5.10 Å². The molecule has 4 N–H and O–H groups in total. The quantitative estimate of drug-likeness (QED) is 0.442. The lowest BCUT2D eigenvalue weighted by Crippen LogP contribution is -2.17. The highest BCUT2D eigenvalue weighted by molar-refractivity contribution is 5.78. The van der Waals surface area contributed by atoms with Crippen molar-refractivity contribution in [1.82, 2.24) is 40.7 Å². The maximum absolute atomic E-state index is 5.91. The molecule has 0 amide bonds. The number of nitrogens with two attached hydrogens (primary N) is 1. The lowest BCUT2D eigenvalue weighted by atomic mass is 10.0. The minimum atomic E-state index is 0.271. The Morgan fingerprint density at radius 1 is 1.20 bits per heavy atom. The van der Waals surface area contributed by atoms with Crippen molar-refractivity contribution in [2.45, 2.75) is 32.5 Å². The number of fused-ring (bicyclic) bond motifs is 1. The van der Waals surface area contributed by atoms with Gasteiger partial charge in [0.25, 0.3) is 0 Å². The van der Waals surface area contributed by atoms with Crippen LogP contribution in [-0.2, 0) is 13.2 Å². The number of hydrogen-bond acceptors (Lipinski definition) is 8. The number of nitrogens with one attached hydrogen (secondary N) is 2. The number of rotatable bonds is 6. The van der Waals surface area contributed by atoms with Crippen LogP contribution in [0.3, 0.4) is 0 Å². The summed E-state index contributed by atoms with van der Waals surface area (Å²) in [5, 5.41) is 23.4. The number of ether oxygens (including phenoxy) is 1. The second kappa shape index (κ2) is 7.71. The highest BCUT2D eigenvalue weighted by Gasteiger charge is 2.26. The number of nitrogens with zero attached hydrogens (tertiary/aromatic N) is 6. The average molecular weight is 405 g/mol. The third-order valence-corrected chi connectivity index (χ3v) is 5.41. The number of aryl methyl sites for hydroxylation is 1. The molecule has 0 aliphatic carbocycles. The normalized spacial score (nSPS) is 18.8. The first-order chi connectivity index (χ1) is 14.7. The number of pyridine rings is 1. The molecular weight excluding hydrogens is 382 g/mol. The SMILES string of the molecule is Cc1nn(CC2CNC(c3ccccc3)C2)nc1COc1cc(N)nc2n[nH]nc12. The molecule has 3 aromatic heterocycles. The van der Waals surface area contributed by atoms with Crippen molar-refractivity contribution in [3.63, 3.8) is 0 Å². The summed E-state index contributed by atoms with van der Waals surface area (Å²) in [4.78, 5) is 5.89. The molecular formula is C20H23N9O. The molecule has 1 fully saturated rings. The van der Waals surface area contributed by atoms with Crippen molar-refractivity contribution in [3.05, 3.63) is 53.3 Å². The van der Waals surface area contributed by atoms with Crippen LogP contribution in [0, 0.1) is 12.8 Å². The fraction of sp³-hybridized carbons (Fsp3) is 0.350. The molecule has 4 heterocycles. The summed E-state index contributed by atoms with van der Waals surface area (Å²) in [5.74, 6) is 1.32. The number of benzene rings is 1. The van der Waals surface area contributed by atoms with E-state index in [1.54, 1.807) is 10.9 Å². The number of nitrogen functional groups attached to an aromatic ring is 1. The fourth-order valence-electron chi connectivity index (χ4n) is 3.88. The fourth-order valence-corrected chi connectivity index (χ4v) is 3.88. The Balaban J connectivity index is 1.24. The van der Waals surface area contributed by atoms with E-state index in [9.17, 15) is 0 Å². The molecule has 1 aromatic carbocycles. The summed E-state index contributed by atoms with van der Waals surface area (Å²) in [6.45, 7) is 3.93. The minimum Gasteiger partial charge on any atom is -0.485 e. The van der Waals surface area contributed by atoms with Crippen LogP contribution in [0.15, 0.2) is 36.4 Å². The Hall–Kier alpha value is -3.53. The van der Waals surface area contributed by atoms with Crippen molar-refractivity contribution >= 4 is 17.0 Å². The van der Waals surface area contributed by atoms with Gasteiger partial charge < -0.3 is 15.8 Å². The zero-order chi connectivity index (χ0) is 20.5. The van der Waals surface area contributed by atoms with Crippen molar-refractivity contribution in [2.24, 2.45) is 5.92 Å². The Bertz CT molecular complexity index is 1150. The molecule has 0 bridgehead atoms. The van der Waals surface area contributed by atoms with Gasteiger partial charge in [-0.05, 0) is 24.8 Å². The second-order valence-corrected chi connectivity index (χ2v) is 7.59. The maximum Gasteiger partial charge on any atom is 0.207 e. The topological polar surface area (TPSA) is 132 Å². The number of hydrogen-bond donors (Lipinski definition) is 3. The Kier molecular flexibility index (Phi) is 4.75. The van der Waals surface area contributed by atoms with Crippen LogP contribution in [0.5, 0.6) is 5.75 Å². The first-order valence-electron chi connectivity index (χ1n) is 9.94. The second-order valence-electron chi connectivity index (χ2n) is 7.59. The summed E-state index contributed by atoms with van der Waals surface area (Å²) in [5.41, 5.74) is 9.74. The first-order valence-corrected chi connectivity index (χ1v) is 9.94. The van der Waals surface area contributed by atoms with Crippen molar-refractivity contribution in [1.29, 1.82) is 0 Å². The molecule has 1 aliphatic heterocycles. The number of aromatic amines is 1. The molecule has 5 rings (SSSR count). The Morgan fingerprint density at radius 3 is 2.93 bits per heavy atom. The minimum absolute atomic E-state index is 0.271. The maximum atomic E-state index is 5.91. The van der Waals surface area contributed by atoms with Gasteiger partial charge in [-0.25, -0.2) is 4.98 Å². The largest absolute Gasteiger partial charge is 0.485 e. The van der Waals surface area contributed by atoms with Crippen LogP contribution in [0.4, 0.5) is 5.82 Å². The molecule has 0 spiro atoms. The number of aromatic nitrogens is 7. The molecule has 10 nitrogen and oxygen atoms in total. The number of anilines is 1. The molecule has 1 aliphatic rings. The van der Waals surface area contributed by atoms with Crippen molar-refractivity contribution in [2.75, 3.05) is 12.3 Å². The predicted octanol–water partition coefficient (Wildman–Crippen LogP) is 1.76. The van der Waals surface area contributed by atoms with Gasteiger partial charge in [0, 0.05) is 18.7 Å². The van der Waals surface area contributed by atoms with E-state index in [0.29, 0.717) is 34.7 Å². The van der Waals surface area contributed by atoms with E-state index in [4.69, 9.17) is 10.5 Å². The van der Waals surface area contributed by atoms with E-state index >= 15 is 0 Å². The van der Waals surface area contributed by atoms with Gasteiger partial charge in [0.1, 0.15) is 18.1 Å². The Morgan fingerprint density at radius 2 is 2.07 bits per heavy atom. The van der Waals surface area contributed by atoms with Gasteiger partial charge in [0.05, 0.1) is 12.2 Å². The number of H-pyrrole nitrogens is 1. The van der Waals surface area contributed by atoms with Gasteiger partial charge in [-0.1, -0.05) is 30.3 Å². The van der Waals surface area contributed by atoms with Crippen LogP contribution in [0.1, 0.15) is 29.4 Å². The molecule has 154 valence electrons. The van der Waals surface area contributed by atoms with Gasteiger partial charge in [-0.2, -0.15) is 25.3 Å². The summed E-state index contributed by atoms with van der Waals surface area (Å²) >= 11 is 0. The van der Waals surface area contributed by atoms with Gasteiger partial charge in [-0.3, -0.25) is 0 Å². The smallest absolute Gasteiger partial charge is 0.207 e. The van der Waals surface area contributed by atoms with Crippen LogP contribution in [0.25, 0.3) is 11.2 Å². The van der Waals surface area contributed by atoms with E-state index in [1.807, 2.05) is 13.0 Å². The molecule has 2 unspecified atom stereocenters. The van der Waals surface area contributed by atoms with Crippen molar-refractivity contribution in [3.8, 4) is 5.75 Å². The third-order valence-electron chi connectivity index (χ3n) is 5.41. The van der Waals surface area contributed by atoms with Crippen LogP contribution < -0.4 is 15.8 Å². The highest BCUT2D eigenvalue weighted by Crippen LogP contribution is 2.28. The lowest BCUT2D eigenvalue weighted by molar-refractivity contribution is 0.300. The summed E-state index contributed by atoms with van der Waals surface area (Å²) in [7, 11) is 0. The molecule has 30 heavy (non-hydrogen) atoms. The highest BCUT2D eigenvalue weighted by atomic mass is 16.5. The van der Waals surface area contributed by atoms with E-state index in [1.165, 1.54) is 5.56 Å². The zero-order valence-corrected chi connectivity index (χ0v) is 16.6. The van der Waals surface area contributed by atoms with E-state index in [0.717, 1.165) is 30.9 Å². The average Bonchev–Trinajstić information content (AvgIpc) is 3.47. The molecule has 10 heteroatoms. The van der Waals surface area contributed by atoms with E-state index in [2.05, 4.69) is 60.2 Å². The molecule has 2 atom stereocenters. The molecule has 0 saturated carbocycles. The van der Waals surface area contributed by atoms with Gasteiger partial charge in [0.2, 0.25) is 5.65 Å².